The molecule has 0 fully saturated rings. The number of esters is 1. The second kappa shape index (κ2) is 9.54. The number of rotatable bonds is 6. The number of carbonyl (C=O) groups is 2. The lowest BCUT2D eigenvalue weighted by molar-refractivity contribution is -0.136. The van der Waals surface area contributed by atoms with Gasteiger partial charge in [-0.15, -0.1) is 0 Å². The molecule has 0 saturated carbocycles. The number of halogens is 1. The van der Waals surface area contributed by atoms with Crippen LogP contribution in [0.2, 0.25) is 5.02 Å². The maximum atomic E-state index is 13.3. The van der Waals surface area contributed by atoms with Gasteiger partial charge in [0.25, 0.3) is 11.5 Å². The second-order valence-electron chi connectivity index (χ2n) is 7.93. The van der Waals surface area contributed by atoms with Crippen LogP contribution in [0, 0.1) is 12.8 Å². The number of aromatic nitrogens is 1. The average Bonchev–Trinajstić information content (AvgIpc) is 2.75. The third kappa shape index (κ3) is 4.54. The molecule has 0 radical (unpaired) electrons. The van der Waals surface area contributed by atoms with Crippen molar-refractivity contribution in [2.24, 2.45) is 11.7 Å². The maximum Gasteiger partial charge on any atom is 0.328 e. The lowest BCUT2D eigenvalue weighted by atomic mass is 10.0. The van der Waals surface area contributed by atoms with Crippen LogP contribution >= 0.6 is 11.6 Å². The highest BCUT2D eigenvalue weighted by Crippen LogP contribution is 2.35. The number of fused-ring (bicyclic) bond motifs is 1. The van der Waals surface area contributed by atoms with Crippen molar-refractivity contribution in [3.05, 3.63) is 68.5 Å². The maximum absolute atomic E-state index is 13.3. The van der Waals surface area contributed by atoms with E-state index in [0.717, 1.165) is 5.56 Å². The number of nitrogens with one attached hydrogen (secondary N) is 2. The van der Waals surface area contributed by atoms with E-state index in [4.69, 9.17) is 22.1 Å². The molecule has 1 amide bonds. The number of ether oxygens (including phenoxy) is 1. The van der Waals surface area contributed by atoms with E-state index in [9.17, 15) is 14.4 Å². The summed E-state index contributed by atoms with van der Waals surface area (Å²) in [6, 6.07) is 9.66. The highest BCUT2D eigenvalue weighted by atomic mass is 35.5. The first-order valence-electron chi connectivity index (χ1n) is 10.4. The number of hydrogen-bond acceptors (Lipinski definition) is 5. The number of aromatic amines is 1. The molecule has 2 aromatic carbocycles. The van der Waals surface area contributed by atoms with E-state index in [1.54, 1.807) is 45.0 Å². The van der Waals surface area contributed by atoms with Crippen molar-refractivity contribution >= 4 is 40.1 Å². The van der Waals surface area contributed by atoms with Gasteiger partial charge >= 0.3 is 5.97 Å². The SMILES string of the molecule is CCc1ccccc1NC(=O)c1c(OC(=O)[C@@H](N)C(C)C)c2c(Cl)ccc(C)c2[nH]c1=O. The quantitative estimate of drug-likeness (QED) is 0.482. The van der Waals surface area contributed by atoms with Gasteiger partial charge in [-0.25, -0.2) is 4.79 Å². The van der Waals surface area contributed by atoms with Crippen LogP contribution in [0.5, 0.6) is 5.75 Å². The summed E-state index contributed by atoms with van der Waals surface area (Å²) >= 11 is 6.42. The Kier molecular flexibility index (Phi) is 7.01. The molecule has 0 saturated heterocycles. The topological polar surface area (TPSA) is 114 Å². The summed E-state index contributed by atoms with van der Waals surface area (Å²) in [5.41, 5.74) is 7.45. The van der Waals surface area contributed by atoms with Crippen molar-refractivity contribution in [2.75, 3.05) is 5.32 Å². The van der Waals surface area contributed by atoms with Crippen molar-refractivity contribution in [1.82, 2.24) is 4.98 Å². The lowest BCUT2D eigenvalue weighted by Crippen LogP contribution is -2.39. The Hall–Kier alpha value is -3.16. The molecule has 0 spiro atoms. The molecule has 0 aliphatic heterocycles. The Morgan fingerprint density at radius 2 is 1.88 bits per heavy atom. The Bertz CT molecular complexity index is 1250. The van der Waals surface area contributed by atoms with Gasteiger partial charge < -0.3 is 20.8 Å². The summed E-state index contributed by atoms with van der Waals surface area (Å²) in [4.78, 5) is 41.7. The van der Waals surface area contributed by atoms with Gasteiger partial charge in [0, 0.05) is 5.69 Å². The number of nitrogens with two attached hydrogens (primary N) is 1. The van der Waals surface area contributed by atoms with E-state index >= 15 is 0 Å². The monoisotopic (exact) mass is 455 g/mol. The van der Waals surface area contributed by atoms with Crippen molar-refractivity contribution < 1.29 is 14.3 Å². The van der Waals surface area contributed by atoms with E-state index in [2.05, 4.69) is 10.3 Å². The van der Waals surface area contributed by atoms with Crippen LogP contribution in [0.25, 0.3) is 10.9 Å². The summed E-state index contributed by atoms with van der Waals surface area (Å²) in [6.45, 7) is 7.27. The van der Waals surface area contributed by atoms with Gasteiger partial charge in [-0.3, -0.25) is 9.59 Å². The number of H-pyrrole nitrogens is 1. The summed E-state index contributed by atoms with van der Waals surface area (Å²) < 4.78 is 5.58. The molecule has 0 unspecified atom stereocenters. The second-order valence-corrected chi connectivity index (χ2v) is 8.34. The smallest absolute Gasteiger partial charge is 0.328 e. The van der Waals surface area contributed by atoms with Gasteiger partial charge in [-0.1, -0.05) is 56.6 Å². The van der Waals surface area contributed by atoms with Gasteiger partial charge in [-0.2, -0.15) is 0 Å². The van der Waals surface area contributed by atoms with E-state index in [1.165, 1.54) is 0 Å². The zero-order valence-corrected chi connectivity index (χ0v) is 19.2. The molecule has 7 nitrogen and oxygen atoms in total. The van der Waals surface area contributed by atoms with E-state index < -0.39 is 23.5 Å². The number of carbonyl (C=O) groups excluding carboxylic acids is 2. The van der Waals surface area contributed by atoms with Crippen molar-refractivity contribution in [2.45, 2.75) is 40.2 Å². The number of amides is 1. The van der Waals surface area contributed by atoms with Gasteiger partial charge in [-0.05, 0) is 42.5 Å². The van der Waals surface area contributed by atoms with E-state index in [1.807, 2.05) is 19.1 Å². The fourth-order valence-corrected chi connectivity index (χ4v) is 3.60. The predicted octanol–water partition coefficient (Wildman–Crippen LogP) is 4.19. The molecule has 0 bridgehead atoms. The summed E-state index contributed by atoms with van der Waals surface area (Å²) in [6.07, 6.45) is 0.681. The Labute approximate surface area is 190 Å². The molecule has 3 aromatic rings. The standard InChI is InChI=1S/C24H26ClN3O4/c1-5-14-8-6-7-9-16(14)27-22(29)18-21(32-24(31)19(26)12(2)3)17-15(25)11-10-13(4)20(17)28-23(18)30/h6-12,19H,5,26H2,1-4H3,(H,27,29)(H,28,30)/t19-/m0/s1. The van der Waals surface area contributed by atoms with Crippen LogP contribution in [-0.4, -0.2) is 22.9 Å². The lowest BCUT2D eigenvalue weighted by Gasteiger charge is -2.18. The van der Waals surface area contributed by atoms with Crippen molar-refractivity contribution in [3.63, 3.8) is 0 Å². The first-order valence-corrected chi connectivity index (χ1v) is 10.7. The molecule has 1 heterocycles. The first kappa shape index (κ1) is 23.5. The number of benzene rings is 2. The molecular weight excluding hydrogens is 430 g/mol. The van der Waals surface area contributed by atoms with Crippen LogP contribution in [-0.2, 0) is 11.2 Å². The first-order chi connectivity index (χ1) is 15.1. The number of anilines is 1. The largest absolute Gasteiger partial charge is 0.424 e. The fraction of sp³-hybridized carbons (Fsp3) is 0.292. The molecule has 4 N–H and O–H groups in total. The van der Waals surface area contributed by atoms with Crippen LogP contribution in [0.1, 0.15) is 42.3 Å². The molecule has 0 aliphatic carbocycles. The fourth-order valence-electron chi connectivity index (χ4n) is 3.35. The summed E-state index contributed by atoms with van der Waals surface area (Å²) in [5.74, 6) is -1.88. The molecule has 3 rings (SSSR count). The molecular formula is C24H26ClN3O4. The summed E-state index contributed by atoms with van der Waals surface area (Å²) in [7, 11) is 0. The van der Waals surface area contributed by atoms with Crippen LogP contribution in [0.15, 0.2) is 41.2 Å². The number of pyridine rings is 1. The minimum absolute atomic E-state index is 0.204. The highest BCUT2D eigenvalue weighted by molar-refractivity contribution is 6.36. The van der Waals surface area contributed by atoms with Gasteiger partial charge in [0.15, 0.2) is 5.75 Å². The van der Waals surface area contributed by atoms with Gasteiger partial charge in [0.05, 0.1) is 15.9 Å². The zero-order valence-electron chi connectivity index (χ0n) is 18.4. The van der Waals surface area contributed by atoms with Crippen LogP contribution < -0.4 is 21.3 Å². The molecule has 168 valence electrons. The van der Waals surface area contributed by atoms with Crippen molar-refractivity contribution in [1.29, 1.82) is 0 Å². The molecule has 8 heteroatoms. The van der Waals surface area contributed by atoms with E-state index in [0.29, 0.717) is 23.2 Å². The average molecular weight is 456 g/mol. The highest BCUT2D eigenvalue weighted by Gasteiger charge is 2.28. The Balaban J connectivity index is 2.21. The molecule has 1 atom stereocenters. The van der Waals surface area contributed by atoms with Crippen LogP contribution in [0.3, 0.4) is 0 Å². The predicted molar refractivity (Wildman–Crippen MR) is 127 cm³/mol. The number of hydrogen-bond donors (Lipinski definition) is 3. The van der Waals surface area contributed by atoms with E-state index in [-0.39, 0.29) is 27.6 Å². The molecule has 1 aromatic heterocycles. The number of aryl methyl sites for hydroxylation is 2. The normalized spacial score (nSPS) is 12.1. The molecule has 0 aliphatic rings. The molecule has 32 heavy (non-hydrogen) atoms. The minimum Gasteiger partial charge on any atom is -0.424 e. The zero-order chi connectivity index (χ0) is 23.6. The van der Waals surface area contributed by atoms with Gasteiger partial charge in [0.1, 0.15) is 11.6 Å². The minimum atomic E-state index is -0.940. The Morgan fingerprint density at radius 1 is 1.19 bits per heavy atom. The number of para-hydroxylation sites is 1. The van der Waals surface area contributed by atoms with Gasteiger partial charge in [0.2, 0.25) is 0 Å². The summed E-state index contributed by atoms with van der Waals surface area (Å²) in [5, 5.41) is 3.25. The van der Waals surface area contributed by atoms with Crippen molar-refractivity contribution in [3.8, 4) is 5.75 Å². The third-order valence-corrected chi connectivity index (χ3v) is 5.66. The Morgan fingerprint density at radius 3 is 2.53 bits per heavy atom. The van der Waals surface area contributed by atoms with Crippen LogP contribution in [0.4, 0.5) is 5.69 Å². The third-order valence-electron chi connectivity index (χ3n) is 5.35.